The topological polar surface area (TPSA) is 74.0 Å². The van der Waals surface area contributed by atoms with Gasteiger partial charge in [0, 0.05) is 23.5 Å². The fraction of sp³-hybridized carbons (Fsp3) is 0.0500. The molecule has 0 saturated carbocycles. The van der Waals surface area contributed by atoms with Crippen molar-refractivity contribution in [2.24, 2.45) is 0 Å². The number of halogens is 2. The van der Waals surface area contributed by atoms with Crippen LogP contribution in [-0.2, 0) is 0 Å². The zero-order valence-electron chi connectivity index (χ0n) is 15.2. The van der Waals surface area contributed by atoms with Crippen LogP contribution in [0.25, 0.3) is 11.4 Å². The number of carbonyl (C=O) groups excluding carboxylic acids is 1. The average Bonchev–Trinajstić information content (AvgIpc) is 3.42. The molecular weight excluding hydrogens is 413 g/mol. The van der Waals surface area contributed by atoms with Crippen molar-refractivity contribution in [2.45, 2.75) is 0 Å². The SMILES string of the molecule is COc1cc(-n2cccc2)c(Cl)cc1C(=O)Nc1cc(Cl)ccc1-n1cncn1. The minimum atomic E-state index is -0.397. The van der Waals surface area contributed by atoms with Crippen LogP contribution in [0.5, 0.6) is 5.75 Å². The summed E-state index contributed by atoms with van der Waals surface area (Å²) in [4.78, 5) is 17.0. The number of benzene rings is 2. The molecule has 7 nitrogen and oxygen atoms in total. The van der Waals surface area contributed by atoms with Crippen LogP contribution < -0.4 is 10.1 Å². The van der Waals surface area contributed by atoms with E-state index in [1.807, 2.05) is 29.1 Å². The van der Waals surface area contributed by atoms with E-state index in [4.69, 9.17) is 27.9 Å². The van der Waals surface area contributed by atoms with E-state index < -0.39 is 5.91 Å². The Labute approximate surface area is 176 Å². The second-order valence-electron chi connectivity index (χ2n) is 6.05. The van der Waals surface area contributed by atoms with Gasteiger partial charge < -0.3 is 14.6 Å². The monoisotopic (exact) mass is 427 g/mol. The highest BCUT2D eigenvalue weighted by Gasteiger charge is 2.18. The first-order valence-electron chi connectivity index (χ1n) is 8.53. The quantitative estimate of drug-likeness (QED) is 0.503. The second kappa shape index (κ2) is 7.98. The van der Waals surface area contributed by atoms with Gasteiger partial charge in [0.25, 0.3) is 5.91 Å². The summed E-state index contributed by atoms with van der Waals surface area (Å²) in [7, 11) is 1.50. The van der Waals surface area contributed by atoms with Crippen molar-refractivity contribution in [1.29, 1.82) is 0 Å². The maximum Gasteiger partial charge on any atom is 0.259 e. The molecule has 0 aliphatic rings. The van der Waals surface area contributed by atoms with Crippen LogP contribution in [0.2, 0.25) is 10.0 Å². The van der Waals surface area contributed by atoms with Crippen LogP contribution in [0.1, 0.15) is 10.4 Å². The lowest BCUT2D eigenvalue weighted by molar-refractivity contribution is 0.102. The van der Waals surface area contributed by atoms with Gasteiger partial charge in [-0.25, -0.2) is 9.67 Å². The van der Waals surface area contributed by atoms with Gasteiger partial charge in [-0.15, -0.1) is 0 Å². The number of hydrogen-bond acceptors (Lipinski definition) is 4. The fourth-order valence-electron chi connectivity index (χ4n) is 2.91. The van der Waals surface area contributed by atoms with E-state index in [2.05, 4.69) is 15.4 Å². The van der Waals surface area contributed by atoms with Crippen molar-refractivity contribution < 1.29 is 9.53 Å². The highest BCUT2D eigenvalue weighted by molar-refractivity contribution is 6.33. The molecule has 1 N–H and O–H groups in total. The number of methoxy groups -OCH3 is 1. The summed E-state index contributed by atoms with van der Waals surface area (Å²) in [5.74, 6) is -0.00799. The lowest BCUT2D eigenvalue weighted by atomic mass is 10.1. The Morgan fingerprint density at radius 1 is 1.10 bits per heavy atom. The molecule has 0 spiro atoms. The van der Waals surface area contributed by atoms with Crippen LogP contribution in [0.4, 0.5) is 5.69 Å². The maximum absolute atomic E-state index is 13.0. The molecule has 0 unspecified atom stereocenters. The van der Waals surface area contributed by atoms with Gasteiger partial charge in [0.1, 0.15) is 18.4 Å². The summed E-state index contributed by atoms with van der Waals surface area (Å²) in [6.07, 6.45) is 6.65. The average molecular weight is 428 g/mol. The van der Waals surface area contributed by atoms with Gasteiger partial charge in [0.15, 0.2) is 0 Å². The molecule has 0 bridgehead atoms. The Bertz CT molecular complexity index is 1160. The minimum absolute atomic E-state index is 0.290. The van der Waals surface area contributed by atoms with Crippen molar-refractivity contribution in [1.82, 2.24) is 19.3 Å². The van der Waals surface area contributed by atoms with Crippen LogP contribution in [0.15, 0.2) is 67.5 Å². The first-order chi connectivity index (χ1) is 14.1. The predicted octanol–water partition coefficient (Wildman–Crippen LogP) is 4.63. The first-order valence-corrected chi connectivity index (χ1v) is 9.29. The van der Waals surface area contributed by atoms with Gasteiger partial charge in [0.2, 0.25) is 0 Å². The van der Waals surface area contributed by atoms with E-state index in [1.54, 1.807) is 30.3 Å². The number of amides is 1. The third-order valence-electron chi connectivity index (χ3n) is 4.27. The van der Waals surface area contributed by atoms with Crippen molar-refractivity contribution in [2.75, 3.05) is 12.4 Å². The Morgan fingerprint density at radius 3 is 2.59 bits per heavy atom. The predicted molar refractivity (Wildman–Crippen MR) is 112 cm³/mol. The number of anilines is 1. The van der Waals surface area contributed by atoms with Gasteiger partial charge in [0.05, 0.1) is 34.8 Å². The smallest absolute Gasteiger partial charge is 0.259 e. The van der Waals surface area contributed by atoms with E-state index in [1.165, 1.54) is 24.4 Å². The summed E-state index contributed by atoms with van der Waals surface area (Å²) in [6, 6.07) is 12.1. The molecule has 2 aromatic carbocycles. The fourth-order valence-corrected chi connectivity index (χ4v) is 3.35. The third-order valence-corrected chi connectivity index (χ3v) is 4.81. The summed E-state index contributed by atoms with van der Waals surface area (Å²) >= 11 is 12.6. The summed E-state index contributed by atoms with van der Waals surface area (Å²) < 4.78 is 8.81. The third kappa shape index (κ3) is 3.83. The molecule has 146 valence electrons. The zero-order chi connectivity index (χ0) is 20.4. The van der Waals surface area contributed by atoms with Crippen molar-refractivity contribution in [3.05, 3.63) is 83.1 Å². The van der Waals surface area contributed by atoms with E-state index in [-0.39, 0.29) is 5.56 Å². The van der Waals surface area contributed by atoms with Gasteiger partial charge in [-0.3, -0.25) is 4.79 Å². The number of rotatable bonds is 5. The maximum atomic E-state index is 13.0. The van der Waals surface area contributed by atoms with E-state index in [0.29, 0.717) is 32.9 Å². The Hall–Kier alpha value is -3.29. The molecule has 0 radical (unpaired) electrons. The second-order valence-corrected chi connectivity index (χ2v) is 6.89. The number of hydrogen-bond donors (Lipinski definition) is 1. The summed E-state index contributed by atoms with van der Waals surface area (Å²) in [5.41, 5.74) is 2.09. The highest BCUT2D eigenvalue weighted by atomic mass is 35.5. The zero-order valence-corrected chi connectivity index (χ0v) is 16.7. The van der Waals surface area contributed by atoms with Crippen LogP contribution in [0.3, 0.4) is 0 Å². The van der Waals surface area contributed by atoms with Crippen molar-refractivity contribution in [3.63, 3.8) is 0 Å². The molecule has 1 amide bonds. The van der Waals surface area contributed by atoms with Crippen LogP contribution in [-0.4, -0.2) is 32.3 Å². The summed E-state index contributed by atoms with van der Waals surface area (Å²) in [5, 5.41) is 7.84. The largest absolute Gasteiger partial charge is 0.496 e. The molecule has 0 atom stereocenters. The van der Waals surface area contributed by atoms with Gasteiger partial charge in [-0.05, 0) is 36.4 Å². The lowest BCUT2D eigenvalue weighted by Crippen LogP contribution is -2.15. The number of carbonyl (C=O) groups is 1. The molecule has 4 aromatic rings. The number of nitrogens with one attached hydrogen (secondary N) is 1. The molecule has 0 aliphatic heterocycles. The normalized spacial score (nSPS) is 10.7. The Kier molecular flexibility index (Phi) is 5.24. The number of ether oxygens (including phenoxy) is 1. The Morgan fingerprint density at radius 2 is 1.90 bits per heavy atom. The molecule has 9 heteroatoms. The van der Waals surface area contributed by atoms with Crippen molar-refractivity contribution >= 4 is 34.8 Å². The Balaban J connectivity index is 1.71. The molecule has 29 heavy (non-hydrogen) atoms. The van der Waals surface area contributed by atoms with Gasteiger partial charge in [-0.1, -0.05) is 23.2 Å². The minimum Gasteiger partial charge on any atom is -0.496 e. The van der Waals surface area contributed by atoms with Gasteiger partial charge in [-0.2, -0.15) is 5.10 Å². The molecule has 0 aliphatic carbocycles. The summed E-state index contributed by atoms with van der Waals surface area (Å²) in [6.45, 7) is 0. The van der Waals surface area contributed by atoms with Crippen molar-refractivity contribution in [3.8, 4) is 17.1 Å². The van der Waals surface area contributed by atoms with Crippen LogP contribution in [0, 0.1) is 0 Å². The van der Waals surface area contributed by atoms with Gasteiger partial charge >= 0.3 is 0 Å². The first kappa shape index (κ1) is 19.0. The number of nitrogens with zero attached hydrogens (tertiary/aromatic N) is 4. The molecular formula is C20H15Cl2N5O2. The standard InChI is InChI=1S/C20H15Cl2N5O2/c1-29-19-10-18(26-6-2-3-7-26)15(22)9-14(19)20(28)25-16-8-13(21)4-5-17(16)27-12-23-11-24-27/h2-12H,1H3,(H,25,28). The lowest BCUT2D eigenvalue weighted by Gasteiger charge is -2.15. The molecule has 0 saturated heterocycles. The molecule has 4 rings (SSSR count). The van der Waals surface area contributed by atoms with E-state index in [9.17, 15) is 4.79 Å². The molecule has 2 heterocycles. The molecule has 0 fully saturated rings. The van der Waals surface area contributed by atoms with E-state index in [0.717, 1.165) is 0 Å². The van der Waals surface area contributed by atoms with Crippen LogP contribution >= 0.6 is 23.2 Å². The van der Waals surface area contributed by atoms with E-state index >= 15 is 0 Å². The molecule has 2 aromatic heterocycles. The number of aromatic nitrogens is 4. The highest BCUT2D eigenvalue weighted by Crippen LogP contribution is 2.31.